The minimum atomic E-state index is -0.390. The average molecular weight is 440 g/mol. The van der Waals surface area contributed by atoms with E-state index in [1.807, 2.05) is 6.20 Å². The van der Waals surface area contributed by atoms with Gasteiger partial charge in [-0.1, -0.05) is 16.8 Å². The molecule has 0 spiro atoms. The van der Waals surface area contributed by atoms with E-state index in [0.717, 1.165) is 42.7 Å². The van der Waals surface area contributed by atoms with Crippen LogP contribution in [0.1, 0.15) is 44.5 Å². The van der Waals surface area contributed by atoms with Crippen molar-refractivity contribution in [2.45, 2.75) is 38.6 Å². The molecule has 1 aromatic carbocycles. The van der Waals surface area contributed by atoms with Gasteiger partial charge in [-0.3, -0.25) is 0 Å². The number of nitrogens with zero attached hydrogens (tertiary/aromatic N) is 5. The van der Waals surface area contributed by atoms with Crippen molar-refractivity contribution in [1.29, 1.82) is 0 Å². The van der Waals surface area contributed by atoms with Crippen LogP contribution in [0.5, 0.6) is 0 Å². The number of halogens is 2. The summed E-state index contributed by atoms with van der Waals surface area (Å²) in [6.07, 6.45) is 5.87. The minimum Gasteiger partial charge on any atom is -0.370 e. The van der Waals surface area contributed by atoms with E-state index in [1.165, 1.54) is 12.1 Å². The van der Waals surface area contributed by atoms with E-state index >= 15 is 0 Å². The lowest BCUT2D eigenvalue weighted by molar-refractivity contribution is 0.329. The van der Waals surface area contributed by atoms with Crippen molar-refractivity contribution >= 4 is 28.3 Å². The Kier molecular flexibility index (Phi) is 5.14. The topological polar surface area (TPSA) is 60.0 Å². The molecule has 5 rings (SSSR count). The van der Waals surface area contributed by atoms with Gasteiger partial charge in [0.2, 0.25) is 11.7 Å². The minimum absolute atomic E-state index is 0.190. The van der Waals surface area contributed by atoms with E-state index < -0.39 is 5.82 Å². The van der Waals surface area contributed by atoms with E-state index in [1.54, 1.807) is 6.07 Å². The van der Waals surface area contributed by atoms with Crippen LogP contribution in [0.3, 0.4) is 0 Å². The van der Waals surface area contributed by atoms with Crippen LogP contribution < -0.4 is 4.90 Å². The number of piperidine rings is 1. The van der Waals surface area contributed by atoms with E-state index in [0.29, 0.717) is 23.3 Å². The molecule has 1 fully saturated rings. The fourth-order valence-electron chi connectivity index (χ4n) is 4.19. The number of hydrogen-bond donors (Lipinski definition) is 0. The average Bonchev–Trinajstić information content (AvgIpc) is 3.41. The second kappa shape index (κ2) is 7.96. The van der Waals surface area contributed by atoms with Crippen LogP contribution in [-0.4, -0.2) is 32.8 Å². The Morgan fingerprint density at radius 1 is 1.16 bits per heavy atom. The van der Waals surface area contributed by atoms with Crippen molar-refractivity contribution in [3.8, 4) is 11.4 Å². The Morgan fingerprint density at radius 3 is 2.71 bits per heavy atom. The Labute approximate surface area is 184 Å². The first-order valence-electron chi connectivity index (χ1n) is 10.5. The van der Waals surface area contributed by atoms with Crippen LogP contribution in [0.4, 0.5) is 10.1 Å². The van der Waals surface area contributed by atoms with Gasteiger partial charge in [-0.25, -0.2) is 9.37 Å². The molecule has 0 bridgehead atoms. The fourth-order valence-corrected chi connectivity index (χ4v) is 4.44. The lowest BCUT2D eigenvalue weighted by Crippen LogP contribution is -2.33. The number of rotatable bonds is 4. The van der Waals surface area contributed by atoms with Gasteiger partial charge in [0.05, 0.1) is 16.9 Å². The molecule has 0 atom stereocenters. The van der Waals surface area contributed by atoms with Crippen LogP contribution in [0.25, 0.3) is 22.4 Å². The lowest BCUT2D eigenvalue weighted by atomic mass is 9.96. The number of anilines is 1. The molecule has 1 aliphatic rings. The van der Waals surface area contributed by atoms with Crippen LogP contribution >= 0.6 is 11.6 Å². The van der Waals surface area contributed by atoms with Crippen molar-refractivity contribution in [3.63, 3.8) is 0 Å². The predicted molar refractivity (Wildman–Crippen MR) is 119 cm³/mol. The summed E-state index contributed by atoms with van der Waals surface area (Å²) in [4.78, 5) is 11.6. The maximum atomic E-state index is 13.3. The molecule has 0 saturated carbocycles. The summed E-state index contributed by atoms with van der Waals surface area (Å²) in [5.74, 6) is 0.804. The predicted octanol–water partition coefficient (Wildman–Crippen LogP) is 5.84. The summed E-state index contributed by atoms with van der Waals surface area (Å²) in [6, 6.07) is 8.89. The molecular weight excluding hydrogens is 417 g/mol. The van der Waals surface area contributed by atoms with Crippen LogP contribution in [0.2, 0.25) is 5.02 Å². The molecule has 1 aliphatic heterocycles. The molecule has 0 amide bonds. The second-order valence-corrected chi connectivity index (χ2v) is 8.67. The molecule has 0 N–H and O–H groups in total. The normalized spacial score (nSPS) is 15.3. The van der Waals surface area contributed by atoms with E-state index in [2.05, 4.69) is 51.8 Å². The number of pyridine rings is 1. The molecule has 0 radical (unpaired) electrons. The summed E-state index contributed by atoms with van der Waals surface area (Å²) in [6.45, 7) is 6.09. The van der Waals surface area contributed by atoms with Gasteiger partial charge in [-0.15, -0.1) is 0 Å². The van der Waals surface area contributed by atoms with Crippen molar-refractivity contribution in [3.05, 3.63) is 59.5 Å². The highest BCUT2D eigenvalue weighted by molar-refractivity contribution is 6.33. The fraction of sp³-hybridized carbons (Fsp3) is 0.348. The van der Waals surface area contributed by atoms with E-state index in [4.69, 9.17) is 21.1 Å². The quantitative estimate of drug-likeness (QED) is 0.399. The first-order valence-corrected chi connectivity index (χ1v) is 10.9. The zero-order chi connectivity index (χ0) is 21.5. The van der Waals surface area contributed by atoms with Crippen LogP contribution in [0, 0.1) is 5.82 Å². The van der Waals surface area contributed by atoms with Gasteiger partial charge >= 0.3 is 0 Å². The van der Waals surface area contributed by atoms with Gasteiger partial charge in [-0.05, 0) is 57.0 Å². The third-order valence-electron chi connectivity index (χ3n) is 5.92. The number of benzene rings is 1. The van der Waals surface area contributed by atoms with Crippen LogP contribution in [0.15, 0.2) is 47.2 Å². The number of aromatic nitrogens is 4. The highest BCUT2D eigenvalue weighted by Crippen LogP contribution is 2.33. The second-order valence-electron chi connectivity index (χ2n) is 8.26. The monoisotopic (exact) mass is 439 g/mol. The van der Waals surface area contributed by atoms with Gasteiger partial charge in [0.15, 0.2) is 0 Å². The highest BCUT2D eigenvalue weighted by Gasteiger charge is 2.26. The molecule has 160 valence electrons. The molecular formula is C23H23ClFN5O. The molecule has 0 unspecified atom stereocenters. The maximum Gasteiger partial charge on any atom is 0.230 e. The number of fused-ring (bicyclic) bond motifs is 1. The van der Waals surface area contributed by atoms with Crippen LogP contribution in [-0.2, 0) is 0 Å². The summed E-state index contributed by atoms with van der Waals surface area (Å²) in [7, 11) is 0. The first-order chi connectivity index (χ1) is 15.0. The van der Waals surface area contributed by atoms with Crippen molar-refractivity contribution in [2.24, 2.45) is 0 Å². The SMILES string of the molecule is CC(C)n1ccc2cc(N3CCC(c4nc(-c5ccc(F)cc5Cl)no4)CC3)cnc21. The smallest absolute Gasteiger partial charge is 0.230 e. The summed E-state index contributed by atoms with van der Waals surface area (Å²) >= 11 is 6.13. The molecule has 1 saturated heterocycles. The maximum absolute atomic E-state index is 13.3. The van der Waals surface area contributed by atoms with E-state index in [-0.39, 0.29) is 10.9 Å². The number of hydrogen-bond acceptors (Lipinski definition) is 5. The Bertz CT molecular complexity index is 1230. The Balaban J connectivity index is 1.29. The Hall–Kier alpha value is -2.93. The zero-order valence-electron chi connectivity index (χ0n) is 17.4. The summed E-state index contributed by atoms with van der Waals surface area (Å²) < 4.78 is 21.0. The molecule has 3 aromatic heterocycles. The first kappa shape index (κ1) is 20.0. The summed E-state index contributed by atoms with van der Waals surface area (Å²) in [5.41, 5.74) is 2.73. The third kappa shape index (κ3) is 3.78. The van der Waals surface area contributed by atoms with Crippen molar-refractivity contribution in [2.75, 3.05) is 18.0 Å². The van der Waals surface area contributed by atoms with Gasteiger partial charge in [-0.2, -0.15) is 4.98 Å². The molecule has 4 aromatic rings. The largest absolute Gasteiger partial charge is 0.370 e. The van der Waals surface area contributed by atoms with Crippen molar-refractivity contribution < 1.29 is 8.91 Å². The Morgan fingerprint density at radius 2 is 1.97 bits per heavy atom. The van der Waals surface area contributed by atoms with Gasteiger partial charge < -0.3 is 14.0 Å². The van der Waals surface area contributed by atoms with E-state index in [9.17, 15) is 4.39 Å². The molecule has 8 heteroatoms. The third-order valence-corrected chi connectivity index (χ3v) is 6.23. The molecule has 6 nitrogen and oxygen atoms in total. The lowest BCUT2D eigenvalue weighted by Gasteiger charge is -2.32. The molecule has 31 heavy (non-hydrogen) atoms. The molecule has 0 aliphatic carbocycles. The summed E-state index contributed by atoms with van der Waals surface area (Å²) in [5, 5.41) is 5.49. The molecule has 4 heterocycles. The zero-order valence-corrected chi connectivity index (χ0v) is 18.2. The van der Waals surface area contributed by atoms with Crippen molar-refractivity contribution in [1.82, 2.24) is 19.7 Å². The van der Waals surface area contributed by atoms with Gasteiger partial charge in [0.25, 0.3) is 0 Å². The van der Waals surface area contributed by atoms with Gasteiger partial charge in [0.1, 0.15) is 11.5 Å². The highest BCUT2D eigenvalue weighted by atomic mass is 35.5. The standard InChI is InChI=1S/C23H23ClFN5O/c1-14(2)30-10-7-16-11-18(13-26-22(16)30)29-8-5-15(6-9-29)23-27-21(28-31-23)19-4-3-17(25)12-20(19)24/h3-4,7,10-15H,5-6,8-9H2,1-2H3. The van der Waals surface area contributed by atoms with Gasteiger partial charge in [0, 0.05) is 42.2 Å².